The lowest BCUT2D eigenvalue weighted by Gasteiger charge is -2.54. The number of rotatable bonds is 5. The molecule has 3 aliphatic rings. The third kappa shape index (κ3) is 2.54. The Labute approximate surface area is 125 Å². The van der Waals surface area contributed by atoms with Gasteiger partial charge in [0.05, 0.1) is 0 Å². The van der Waals surface area contributed by atoms with Crippen molar-refractivity contribution in [1.82, 2.24) is 0 Å². The molecule has 0 spiro atoms. The van der Waals surface area contributed by atoms with Gasteiger partial charge < -0.3 is 0 Å². The van der Waals surface area contributed by atoms with E-state index in [0.29, 0.717) is 5.41 Å². The van der Waals surface area contributed by atoms with Crippen LogP contribution in [0.25, 0.3) is 0 Å². The molecule has 3 fully saturated rings. The monoisotopic (exact) mass is 270 g/mol. The first-order valence-electron chi connectivity index (χ1n) is 8.75. The van der Waals surface area contributed by atoms with E-state index in [9.17, 15) is 0 Å². The molecule has 0 amide bonds. The molecule has 0 unspecified atom stereocenters. The highest BCUT2D eigenvalue weighted by Crippen LogP contribution is 2.59. The summed E-state index contributed by atoms with van der Waals surface area (Å²) in [4.78, 5) is 0. The zero-order chi connectivity index (χ0) is 14.1. The minimum atomic E-state index is 0.542. The average molecular weight is 270 g/mol. The van der Waals surface area contributed by atoms with Crippen molar-refractivity contribution in [3.63, 3.8) is 0 Å². The number of hydrogen-bond donors (Lipinski definition) is 0. The molecular weight excluding hydrogens is 240 g/mol. The summed E-state index contributed by atoms with van der Waals surface area (Å²) in [6, 6.07) is 9.43. The molecule has 0 nitrogen and oxygen atoms in total. The normalized spacial score (nSPS) is 32.5. The van der Waals surface area contributed by atoms with Gasteiger partial charge in [0.15, 0.2) is 0 Å². The summed E-state index contributed by atoms with van der Waals surface area (Å²) in [5.41, 5.74) is 4.30. The lowest BCUT2D eigenvalue weighted by Crippen LogP contribution is -2.44. The summed E-state index contributed by atoms with van der Waals surface area (Å²) >= 11 is 0. The summed E-state index contributed by atoms with van der Waals surface area (Å²) in [5.74, 6) is 0. The Morgan fingerprint density at radius 3 is 2.00 bits per heavy atom. The first kappa shape index (κ1) is 14.2. The second-order valence-corrected chi connectivity index (χ2v) is 7.60. The van der Waals surface area contributed by atoms with Gasteiger partial charge in [-0.3, -0.25) is 0 Å². The van der Waals surface area contributed by atoms with Crippen molar-refractivity contribution in [3.05, 3.63) is 35.4 Å². The zero-order valence-electron chi connectivity index (χ0n) is 13.4. The summed E-state index contributed by atoms with van der Waals surface area (Å²) in [7, 11) is 0. The number of benzene rings is 1. The van der Waals surface area contributed by atoms with E-state index in [1.54, 1.807) is 5.56 Å². The van der Waals surface area contributed by atoms with Crippen LogP contribution in [0.4, 0.5) is 0 Å². The van der Waals surface area contributed by atoms with Crippen LogP contribution < -0.4 is 0 Å². The predicted molar refractivity (Wildman–Crippen MR) is 87.1 cm³/mol. The Bertz CT molecular complexity index is 415. The molecule has 0 heterocycles. The van der Waals surface area contributed by atoms with Gasteiger partial charge in [-0.15, -0.1) is 0 Å². The molecule has 0 aromatic heterocycles. The Kier molecular flexibility index (Phi) is 3.93. The highest BCUT2D eigenvalue weighted by molar-refractivity contribution is 5.31. The first-order valence-corrected chi connectivity index (χ1v) is 8.75. The predicted octanol–water partition coefficient (Wildman–Crippen LogP) is 6.17. The van der Waals surface area contributed by atoms with E-state index in [1.807, 2.05) is 0 Å². The molecule has 2 bridgehead atoms. The molecule has 3 saturated carbocycles. The van der Waals surface area contributed by atoms with Gasteiger partial charge in [-0.1, -0.05) is 56.0 Å². The van der Waals surface area contributed by atoms with Gasteiger partial charge in [0.1, 0.15) is 0 Å². The van der Waals surface area contributed by atoms with Crippen molar-refractivity contribution in [2.45, 2.75) is 83.5 Å². The topological polar surface area (TPSA) is 0 Å². The van der Waals surface area contributed by atoms with E-state index in [1.165, 1.54) is 69.8 Å². The third-order valence-corrected chi connectivity index (χ3v) is 6.38. The maximum absolute atomic E-state index is 2.41. The molecule has 4 rings (SSSR count). The van der Waals surface area contributed by atoms with Gasteiger partial charge in [-0.05, 0) is 68.3 Å². The van der Waals surface area contributed by atoms with E-state index in [4.69, 9.17) is 0 Å². The van der Waals surface area contributed by atoms with Gasteiger partial charge in [0.2, 0.25) is 0 Å². The smallest absolute Gasteiger partial charge is 0.00464 e. The van der Waals surface area contributed by atoms with Crippen LogP contribution in [-0.4, -0.2) is 0 Å². The number of unbranched alkanes of at least 4 members (excludes halogenated alkanes) is 2. The van der Waals surface area contributed by atoms with Gasteiger partial charge in [-0.2, -0.15) is 0 Å². The maximum Gasteiger partial charge on any atom is -0.00464 e. The van der Waals surface area contributed by atoms with Gasteiger partial charge in [0, 0.05) is 0 Å². The molecule has 0 heteroatoms. The van der Waals surface area contributed by atoms with Gasteiger partial charge in [-0.25, -0.2) is 0 Å². The van der Waals surface area contributed by atoms with Crippen LogP contribution in [0.5, 0.6) is 0 Å². The third-order valence-electron chi connectivity index (χ3n) is 6.38. The molecule has 1 aromatic carbocycles. The van der Waals surface area contributed by atoms with Crippen molar-refractivity contribution >= 4 is 0 Å². The Hall–Kier alpha value is -0.780. The molecule has 3 aliphatic carbocycles. The number of aryl methyl sites for hydroxylation is 1. The van der Waals surface area contributed by atoms with E-state index in [0.717, 1.165) is 5.41 Å². The van der Waals surface area contributed by atoms with Crippen LogP contribution in [0.3, 0.4) is 0 Å². The zero-order valence-corrected chi connectivity index (χ0v) is 13.4. The fourth-order valence-electron chi connectivity index (χ4n) is 4.73. The molecule has 0 saturated heterocycles. The standard InChI is InChI=1S/C20H30/c1-3-4-5-10-19-11-14-20(15-12-19,16-13-19)18-8-6-17(2)7-9-18/h6-9H,3-5,10-16H2,1-2H3. The Balaban J connectivity index is 1.68. The SMILES string of the molecule is CCCCCC12CCC(c3ccc(C)cc3)(CC1)CC2. The number of hydrogen-bond acceptors (Lipinski definition) is 0. The summed E-state index contributed by atoms with van der Waals surface area (Å²) in [6.45, 7) is 4.52. The van der Waals surface area contributed by atoms with Crippen LogP contribution in [0, 0.1) is 12.3 Å². The van der Waals surface area contributed by atoms with Crippen molar-refractivity contribution in [2.24, 2.45) is 5.41 Å². The molecule has 20 heavy (non-hydrogen) atoms. The van der Waals surface area contributed by atoms with Gasteiger partial charge in [0.25, 0.3) is 0 Å². The summed E-state index contributed by atoms with van der Waals surface area (Å²) < 4.78 is 0. The number of fused-ring (bicyclic) bond motifs is 3. The molecular formula is C20H30. The van der Waals surface area contributed by atoms with Crippen LogP contribution in [0.15, 0.2) is 24.3 Å². The molecule has 0 aliphatic heterocycles. The quantitative estimate of drug-likeness (QED) is 0.561. The van der Waals surface area contributed by atoms with Crippen LogP contribution in [-0.2, 0) is 5.41 Å². The molecule has 0 N–H and O–H groups in total. The fourth-order valence-corrected chi connectivity index (χ4v) is 4.73. The molecule has 0 atom stereocenters. The van der Waals surface area contributed by atoms with E-state index in [2.05, 4.69) is 38.1 Å². The highest BCUT2D eigenvalue weighted by Gasteiger charge is 2.48. The molecule has 1 aromatic rings. The Morgan fingerprint density at radius 1 is 0.850 bits per heavy atom. The van der Waals surface area contributed by atoms with Crippen molar-refractivity contribution in [2.75, 3.05) is 0 Å². The maximum atomic E-state index is 2.41. The van der Waals surface area contributed by atoms with Crippen LogP contribution in [0.1, 0.15) is 82.3 Å². The van der Waals surface area contributed by atoms with E-state index in [-0.39, 0.29) is 0 Å². The molecule has 110 valence electrons. The summed E-state index contributed by atoms with van der Waals surface area (Å²) in [5, 5.41) is 0. The van der Waals surface area contributed by atoms with Crippen LogP contribution >= 0.6 is 0 Å². The van der Waals surface area contributed by atoms with Crippen molar-refractivity contribution in [1.29, 1.82) is 0 Å². The van der Waals surface area contributed by atoms with Crippen molar-refractivity contribution < 1.29 is 0 Å². The minimum Gasteiger partial charge on any atom is -0.0654 e. The summed E-state index contributed by atoms with van der Waals surface area (Å²) in [6.07, 6.45) is 14.6. The minimum absolute atomic E-state index is 0.542. The lowest BCUT2D eigenvalue weighted by atomic mass is 9.51. The highest BCUT2D eigenvalue weighted by atomic mass is 14.5. The lowest BCUT2D eigenvalue weighted by molar-refractivity contribution is 0.0305. The molecule has 0 radical (unpaired) electrons. The Morgan fingerprint density at radius 2 is 1.45 bits per heavy atom. The van der Waals surface area contributed by atoms with Gasteiger partial charge >= 0.3 is 0 Å². The van der Waals surface area contributed by atoms with E-state index >= 15 is 0 Å². The van der Waals surface area contributed by atoms with Crippen LogP contribution in [0.2, 0.25) is 0 Å². The first-order chi connectivity index (χ1) is 9.68. The second-order valence-electron chi connectivity index (χ2n) is 7.60. The second kappa shape index (κ2) is 5.54. The average Bonchev–Trinajstić information content (AvgIpc) is 2.50. The van der Waals surface area contributed by atoms with E-state index < -0.39 is 0 Å². The van der Waals surface area contributed by atoms with Crippen molar-refractivity contribution in [3.8, 4) is 0 Å². The fraction of sp³-hybridized carbons (Fsp3) is 0.700. The largest absolute Gasteiger partial charge is 0.0654 e.